The minimum atomic E-state index is -0.643. The first-order valence-electron chi connectivity index (χ1n) is 23.1. The highest BCUT2D eigenvalue weighted by Crippen LogP contribution is 2.64. The normalized spacial score (nSPS) is 15.6. The lowest BCUT2D eigenvalue weighted by atomic mass is 9.65. The second-order valence-corrected chi connectivity index (χ2v) is 19.8. The molecular formula is C64H43NS. The third kappa shape index (κ3) is 5.00. The molecule has 0 saturated heterocycles. The van der Waals surface area contributed by atoms with E-state index in [0.717, 1.165) is 17.1 Å². The van der Waals surface area contributed by atoms with E-state index in [0.29, 0.717) is 0 Å². The number of nitrogens with zero attached hydrogens (tertiary/aromatic N) is 1. The topological polar surface area (TPSA) is 3.24 Å². The fraction of sp³-hybridized carbons (Fsp3) is 0.0625. The molecule has 66 heavy (non-hydrogen) atoms. The average molecular weight is 858 g/mol. The van der Waals surface area contributed by atoms with Gasteiger partial charge in [0, 0.05) is 42.5 Å². The number of thiophene rings is 1. The Labute approximate surface area is 389 Å². The van der Waals surface area contributed by atoms with Crippen LogP contribution in [0.15, 0.2) is 224 Å². The van der Waals surface area contributed by atoms with Crippen LogP contribution in [-0.2, 0) is 10.8 Å². The zero-order valence-electron chi connectivity index (χ0n) is 36.7. The monoisotopic (exact) mass is 857 g/mol. The number of hydrogen-bond acceptors (Lipinski definition) is 2. The molecule has 3 aliphatic rings. The molecule has 310 valence electrons. The number of fused-ring (bicyclic) bond motifs is 19. The second-order valence-electron chi connectivity index (χ2n) is 18.7. The first-order valence-corrected chi connectivity index (χ1v) is 23.9. The van der Waals surface area contributed by atoms with Crippen molar-refractivity contribution in [2.75, 3.05) is 4.90 Å². The maximum atomic E-state index is 2.56. The molecule has 0 bridgehead atoms. The summed E-state index contributed by atoms with van der Waals surface area (Å²) in [5, 5.41) is 2.68. The summed E-state index contributed by atoms with van der Waals surface area (Å²) in [7, 11) is 0. The van der Waals surface area contributed by atoms with Crippen LogP contribution in [-0.4, -0.2) is 0 Å². The van der Waals surface area contributed by atoms with Gasteiger partial charge in [-0.25, -0.2) is 0 Å². The van der Waals surface area contributed by atoms with Gasteiger partial charge in [-0.15, -0.1) is 11.3 Å². The van der Waals surface area contributed by atoms with E-state index >= 15 is 0 Å². The van der Waals surface area contributed by atoms with Crippen molar-refractivity contribution in [3.8, 4) is 55.6 Å². The molecule has 0 fully saturated rings. The molecule has 10 aromatic carbocycles. The average Bonchev–Trinajstić information content (AvgIpc) is 3.95. The largest absolute Gasteiger partial charge is 0.310 e. The van der Waals surface area contributed by atoms with Crippen molar-refractivity contribution in [2.45, 2.75) is 24.7 Å². The molecule has 0 saturated carbocycles. The summed E-state index contributed by atoms with van der Waals surface area (Å²) in [5.41, 5.74) is 23.3. The Balaban J connectivity index is 1.11. The molecule has 1 aromatic heterocycles. The standard InChI is InChI=1S/C64H43NS/c1-63(2)52-27-13-8-24-47(52)49-35-33-41(38-56(49)63)65(58-30-16-11-20-43(58)40-18-4-3-5-19-40)42-32-34-48-45-22-7-6-21-44(45)46-23-9-14-28-53(46)64(57(48)39-42)54-29-15-10-25-50(54)61-55(64)36-37-60-62(61)51-26-12-17-31-59(51)66-60/h3-39H,1-2H3. The van der Waals surface area contributed by atoms with E-state index in [1.165, 1.54) is 109 Å². The van der Waals surface area contributed by atoms with Gasteiger partial charge >= 0.3 is 0 Å². The van der Waals surface area contributed by atoms with Gasteiger partial charge in [0.1, 0.15) is 0 Å². The molecule has 1 atom stereocenters. The Morgan fingerprint density at radius 2 is 0.864 bits per heavy atom. The molecule has 0 radical (unpaired) electrons. The summed E-state index contributed by atoms with van der Waals surface area (Å²) >= 11 is 1.90. The summed E-state index contributed by atoms with van der Waals surface area (Å²) < 4.78 is 2.65. The highest BCUT2D eigenvalue weighted by atomic mass is 32.1. The van der Waals surface area contributed by atoms with E-state index in [4.69, 9.17) is 0 Å². The SMILES string of the molecule is CC1(C)c2ccccc2-c2ccc(N(c3ccc4c(c3)C3(c5ccccc5-c5ccccc5-4)c4ccccc4-c4c3ccc3sc5ccccc5c43)c3ccccc3-c3ccccc3)cc21. The minimum Gasteiger partial charge on any atom is -0.310 e. The molecule has 0 N–H and O–H groups in total. The van der Waals surface area contributed by atoms with Crippen LogP contribution in [0.25, 0.3) is 75.8 Å². The molecule has 2 heteroatoms. The van der Waals surface area contributed by atoms with Crippen LogP contribution in [0.2, 0.25) is 0 Å². The highest BCUT2D eigenvalue weighted by molar-refractivity contribution is 7.26. The maximum absolute atomic E-state index is 2.56. The quantitative estimate of drug-likeness (QED) is 0.170. The first kappa shape index (κ1) is 37.6. The Morgan fingerprint density at radius 1 is 0.348 bits per heavy atom. The second kappa shape index (κ2) is 13.9. The number of benzene rings is 10. The zero-order valence-corrected chi connectivity index (χ0v) is 37.5. The van der Waals surface area contributed by atoms with Crippen molar-refractivity contribution in [2.24, 2.45) is 0 Å². The van der Waals surface area contributed by atoms with Crippen LogP contribution in [0.5, 0.6) is 0 Å². The van der Waals surface area contributed by atoms with Gasteiger partial charge in [0.2, 0.25) is 0 Å². The van der Waals surface area contributed by atoms with Crippen molar-refractivity contribution < 1.29 is 0 Å². The molecular weight excluding hydrogens is 815 g/mol. The fourth-order valence-electron chi connectivity index (χ4n) is 12.3. The molecule has 1 nitrogen and oxygen atoms in total. The van der Waals surface area contributed by atoms with Crippen LogP contribution in [0, 0.1) is 0 Å². The van der Waals surface area contributed by atoms with Gasteiger partial charge in [0.05, 0.1) is 11.1 Å². The van der Waals surface area contributed by atoms with Crippen molar-refractivity contribution in [3.05, 3.63) is 258 Å². The lowest BCUT2D eigenvalue weighted by Gasteiger charge is -2.37. The van der Waals surface area contributed by atoms with Gasteiger partial charge in [-0.2, -0.15) is 0 Å². The van der Waals surface area contributed by atoms with Gasteiger partial charge in [-0.3, -0.25) is 0 Å². The molecule has 1 heterocycles. The number of hydrogen-bond donors (Lipinski definition) is 0. The lowest BCUT2D eigenvalue weighted by molar-refractivity contribution is 0.660. The Bertz CT molecular complexity index is 3810. The third-order valence-corrected chi connectivity index (χ3v) is 16.2. The van der Waals surface area contributed by atoms with Crippen molar-refractivity contribution in [3.63, 3.8) is 0 Å². The summed E-state index contributed by atoms with van der Waals surface area (Å²) in [6.07, 6.45) is 0. The van der Waals surface area contributed by atoms with E-state index in [1.807, 2.05) is 11.3 Å². The van der Waals surface area contributed by atoms with Crippen LogP contribution in [0.1, 0.15) is 47.2 Å². The van der Waals surface area contributed by atoms with E-state index in [9.17, 15) is 0 Å². The molecule has 14 rings (SSSR count). The Hall–Kier alpha value is -7.78. The van der Waals surface area contributed by atoms with Gasteiger partial charge in [0.25, 0.3) is 0 Å². The van der Waals surface area contributed by atoms with Crippen molar-refractivity contribution in [1.82, 2.24) is 0 Å². The minimum absolute atomic E-state index is 0.160. The van der Waals surface area contributed by atoms with Gasteiger partial charge in [-0.05, 0) is 126 Å². The molecule has 0 aliphatic heterocycles. The van der Waals surface area contributed by atoms with Crippen LogP contribution < -0.4 is 4.90 Å². The number of anilines is 3. The van der Waals surface area contributed by atoms with E-state index in [-0.39, 0.29) is 5.41 Å². The predicted octanol–water partition coefficient (Wildman–Crippen LogP) is 17.5. The van der Waals surface area contributed by atoms with Gasteiger partial charge in [-0.1, -0.05) is 196 Å². The van der Waals surface area contributed by atoms with E-state index in [2.05, 4.69) is 243 Å². The first-order chi connectivity index (χ1) is 32.5. The van der Waals surface area contributed by atoms with Crippen molar-refractivity contribution in [1.29, 1.82) is 0 Å². The van der Waals surface area contributed by atoms with E-state index in [1.54, 1.807) is 0 Å². The zero-order chi connectivity index (χ0) is 43.7. The van der Waals surface area contributed by atoms with E-state index < -0.39 is 5.41 Å². The highest BCUT2D eigenvalue weighted by Gasteiger charge is 2.51. The Kier molecular flexibility index (Phi) is 7.89. The van der Waals surface area contributed by atoms with Gasteiger partial charge < -0.3 is 4.90 Å². The number of rotatable bonds is 4. The molecule has 3 aliphatic carbocycles. The fourth-order valence-corrected chi connectivity index (χ4v) is 13.4. The molecule has 1 unspecified atom stereocenters. The molecule has 1 spiro atoms. The summed E-state index contributed by atoms with van der Waals surface area (Å²) in [6.45, 7) is 4.76. The molecule has 0 amide bonds. The third-order valence-electron chi connectivity index (χ3n) is 15.1. The van der Waals surface area contributed by atoms with Crippen LogP contribution >= 0.6 is 11.3 Å². The maximum Gasteiger partial charge on any atom is 0.0726 e. The predicted molar refractivity (Wildman–Crippen MR) is 279 cm³/mol. The van der Waals surface area contributed by atoms with Crippen LogP contribution in [0.3, 0.4) is 0 Å². The summed E-state index contributed by atoms with van der Waals surface area (Å²) in [5.74, 6) is 0. The number of para-hydroxylation sites is 1. The smallest absolute Gasteiger partial charge is 0.0726 e. The summed E-state index contributed by atoms with van der Waals surface area (Å²) in [4.78, 5) is 2.54. The molecule has 11 aromatic rings. The summed E-state index contributed by atoms with van der Waals surface area (Å²) in [6, 6.07) is 84.8. The van der Waals surface area contributed by atoms with Crippen LogP contribution in [0.4, 0.5) is 17.1 Å². The Morgan fingerprint density at radius 3 is 1.59 bits per heavy atom. The van der Waals surface area contributed by atoms with Gasteiger partial charge in [0.15, 0.2) is 0 Å². The lowest BCUT2D eigenvalue weighted by Crippen LogP contribution is -2.29. The van der Waals surface area contributed by atoms with Crippen molar-refractivity contribution >= 4 is 48.6 Å².